The highest BCUT2D eigenvalue weighted by Gasteiger charge is 2.31. The largest absolute Gasteiger partial charge is 0.295 e. The SMILES string of the molecule is CCN(Cc1cnn(-c2ccccc2F)c1)[C@H]1CCS(=O)(=O)C1. The number of sulfone groups is 1. The van der Waals surface area contributed by atoms with Crippen molar-refractivity contribution in [1.29, 1.82) is 0 Å². The van der Waals surface area contributed by atoms with Gasteiger partial charge in [-0.05, 0) is 25.1 Å². The average molecular weight is 337 g/mol. The van der Waals surface area contributed by atoms with Crippen molar-refractivity contribution in [1.82, 2.24) is 14.7 Å². The Morgan fingerprint density at radius 2 is 2.17 bits per heavy atom. The van der Waals surface area contributed by atoms with E-state index in [0.717, 1.165) is 12.1 Å². The average Bonchev–Trinajstić information content (AvgIpc) is 3.11. The molecule has 1 aromatic heterocycles. The monoisotopic (exact) mass is 337 g/mol. The summed E-state index contributed by atoms with van der Waals surface area (Å²) >= 11 is 0. The van der Waals surface area contributed by atoms with Gasteiger partial charge in [-0.2, -0.15) is 5.10 Å². The van der Waals surface area contributed by atoms with Crippen LogP contribution < -0.4 is 0 Å². The predicted octanol–water partition coefficient (Wildman–Crippen LogP) is 2.02. The third kappa shape index (κ3) is 3.61. The quantitative estimate of drug-likeness (QED) is 0.838. The molecule has 2 heterocycles. The van der Waals surface area contributed by atoms with E-state index < -0.39 is 9.84 Å². The lowest BCUT2D eigenvalue weighted by Crippen LogP contribution is -2.35. The van der Waals surface area contributed by atoms with E-state index in [1.54, 1.807) is 30.6 Å². The zero-order valence-corrected chi connectivity index (χ0v) is 13.8. The van der Waals surface area contributed by atoms with Gasteiger partial charge in [0.25, 0.3) is 0 Å². The number of hydrogen-bond donors (Lipinski definition) is 0. The molecule has 0 N–H and O–H groups in total. The van der Waals surface area contributed by atoms with Crippen molar-refractivity contribution in [3.8, 4) is 5.69 Å². The van der Waals surface area contributed by atoms with Crippen LogP contribution in [0.5, 0.6) is 0 Å². The number of aromatic nitrogens is 2. The molecular weight excluding hydrogens is 317 g/mol. The van der Waals surface area contributed by atoms with E-state index in [1.165, 1.54) is 10.7 Å². The molecule has 1 atom stereocenters. The van der Waals surface area contributed by atoms with Gasteiger partial charge in [-0.25, -0.2) is 17.5 Å². The third-order valence-electron chi connectivity index (χ3n) is 4.25. The highest BCUT2D eigenvalue weighted by atomic mass is 32.2. The summed E-state index contributed by atoms with van der Waals surface area (Å²) in [6.45, 7) is 3.41. The molecule has 1 aromatic carbocycles. The van der Waals surface area contributed by atoms with Gasteiger partial charge in [0, 0.05) is 24.3 Å². The number of halogens is 1. The Hall–Kier alpha value is -1.73. The highest BCUT2D eigenvalue weighted by Crippen LogP contribution is 2.20. The molecule has 0 radical (unpaired) electrons. The van der Waals surface area contributed by atoms with Gasteiger partial charge in [-0.15, -0.1) is 0 Å². The summed E-state index contributed by atoms with van der Waals surface area (Å²) in [6, 6.07) is 6.54. The second-order valence-corrected chi connectivity index (χ2v) is 8.09. The molecule has 124 valence electrons. The van der Waals surface area contributed by atoms with Crippen molar-refractivity contribution < 1.29 is 12.8 Å². The molecule has 1 fully saturated rings. The molecule has 0 spiro atoms. The van der Waals surface area contributed by atoms with Gasteiger partial charge in [-0.3, -0.25) is 4.90 Å². The molecule has 0 aliphatic carbocycles. The lowest BCUT2D eigenvalue weighted by molar-refractivity contribution is 0.215. The van der Waals surface area contributed by atoms with Crippen LogP contribution >= 0.6 is 0 Å². The zero-order chi connectivity index (χ0) is 16.4. The Morgan fingerprint density at radius 1 is 1.39 bits per heavy atom. The van der Waals surface area contributed by atoms with Crippen LogP contribution in [0.15, 0.2) is 36.7 Å². The molecule has 1 aliphatic heterocycles. The molecular formula is C16H20FN3O2S. The summed E-state index contributed by atoms with van der Waals surface area (Å²) in [6.07, 6.45) is 4.18. The third-order valence-corrected chi connectivity index (χ3v) is 6.00. The van der Waals surface area contributed by atoms with E-state index in [-0.39, 0.29) is 23.4 Å². The van der Waals surface area contributed by atoms with Crippen molar-refractivity contribution in [3.63, 3.8) is 0 Å². The van der Waals surface area contributed by atoms with Crippen LogP contribution in [0.4, 0.5) is 4.39 Å². The summed E-state index contributed by atoms with van der Waals surface area (Å²) in [5, 5.41) is 4.22. The molecule has 0 amide bonds. The molecule has 7 heteroatoms. The van der Waals surface area contributed by atoms with Crippen LogP contribution in [0.1, 0.15) is 18.9 Å². The van der Waals surface area contributed by atoms with Gasteiger partial charge in [-0.1, -0.05) is 19.1 Å². The molecule has 23 heavy (non-hydrogen) atoms. The summed E-state index contributed by atoms with van der Waals surface area (Å²) in [5.41, 5.74) is 1.35. The van der Waals surface area contributed by atoms with Gasteiger partial charge in [0.2, 0.25) is 0 Å². The van der Waals surface area contributed by atoms with Crippen LogP contribution in [0, 0.1) is 5.82 Å². The predicted molar refractivity (Wildman–Crippen MR) is 86.7 cm³/mol. The Kier molecular flexibility index (Phi) is 4.50. The van der Waals surface area contributed by atoms with Crippen molar-refractivity contribution >= 4 is 9.84 Å². The Morgan fingerprint density at radius 3 is 2.83 bits per heavy atom. The second kappa shape index (κ2) is 6.41. The first-order chi connectivity index (χ1) is 11.0. The Labute approximate surface area is 135 Å². The number of hydrogen-bond acceptors (Lipinski definition) is 4. The molecule has 3 rings (SSSR count). The van der Waals surface area contributed by atoms with Crippen LogP contribution in [0.3, 0.4) is 0 Å². The minimum absolute atomic E-state index is 0.0572. The molecule has 1 aliphatic rings. The second-order valence-electron chi connectivity index (χ2n) is 5.86. The fourth-order valence-corrected chi connectivity index (χ4v) is 4.77. The normalized spacial score (nSPS) is 20.2. The van der Waals surface area contributed by atoms with Gasteiger partial charge in [0.15, 0.2) is 9.84 Å². The summed E-state index contributed by atoms with van der Waals surface area (Å²) < 4.78 is 38.6. The first-order valence-electron chi connectivity index (χ1n) is 7.71. The van der Waals surface area contributed by atoms with E-state index in [9.17, 15) is 12.8 Å². The topological polar surface area (TPSA) is 55.2 Å². The van der Waals surface area contributed by atoms with Crippen LogP contribution in [-0.4, -0.2) is 47.2 Å². The lowest BCUT2D eigenvalue weighted by atomic mass is 10.2. The van der Waals surface area contributed by atoms with Crippen molar-refractivity contribution in [2.75, 3.05) is 18.1 Å². The zero-order valence-electron chi connectivity index (χ0n) is 13.0. The highest BCUT2D eigenvalue weighted by molar-refractivity contribution is 7.91. The van der Waals surface area contributed by atoms with E-state index in [4.69, 9.17) is 0 Å². The minimum Gasteiger partial charge on any atom is -0.295 e. The van der Waals surface area contributed by atoms with E-state index in [1.807, 2.05) is 6.92 Å². The fourth-order valence-electron chi connectivity index (χ4n) is 3.01. The van der Waals surface area contributed by atoms with Gasteiger partial charge < -0.3 is 0 Å². The molecule has 1 saturated heterocycles. The molecule has 0 bridgehead atoms. The van der Waals surface area contributed by atoms with E-state index >= 15 is 0 Å². The van der Waals surface area contributed by atoms with Gasteiger partial charge in [0.1, 0.15) is 11.5 Å². The molecule has 0 unspecified atom stereocenters. The van der Waals surface area contributed by atoms with Gasteiger partial charge >= 0.3 is 0 Å². The summed E-state index contributed by atoms with van der Waals surface area (Å²) in [5.74, 6) is 0.168. The lowest BCUT2D eigenvalue weighted by Gasteiger charge is -2.25. The van der Waals surface area contributed by atoms with Crippen LogP contribution in [-0.2, 0) is 16.4 Å². The van der Waals surface area contributed by atoms with Crippen molar-refractivity contribution in [3.05, 3.63) is 48.0 Å². The van der Waals surface area contributed by atoms with E-state index in [2.05, 4.69) is 10.00 Å². The standard InChI is InChI=1S/C16H20FN3O2S/c1-2-19(14-7-8-23(21,22)12-14)10-13-9-18-20(11-13)16-6-4-3-5-15(16)17/h3-6,9,11,14H,2,7-8,10,12H2,1H3/t14-/m0/s1. The summed E-state index contributed by atoms with van der Waals surface area (Å²) in [7, 11) is -2.90. The Bertz CT molecular complexity index is 788. The molecule has 2 aromatic rings. The number of rotatable bonds is 5. The maximum atomic E-state index is 13.8. The Balaban J connectivity index is 1.74. The first kappa shape index (κ1) is 16.1. The minimum atomic E-state index is -2.90. The number of para-hydroxylation sites is 1. The van der Waals surface area contributed by atoms with Crippen LogP contribution in [0.25, 0.3) is 5.69 Å². The van der Waals surface area contributed by atoms with Crippen LogP contribution in [0.2, 0.25) is 0 Å². The maximum absolute atomic E-state index is 13.8. The first-order valence-corrected chi connectivity index (χ1v) is 9.53. The number of benzene rings is 1. The maximum Gasteiger partial charge on any atom is 0.151 e. The molecule has 0 saturated carbocycles. The molecule has 5 nitrogen and oxygen atoms in total. The van der Waals surface area contributed by atoms with E-state index in [0.29, 0.717) is 18.7 Å². The van der Waals surface area contributed by atoms with Gasteiger partial charge in [0.05, 0.1) is 17.7 Å². The summed E-state index contributed by atoms with van der Waals surface area (Å²) in [4.78, 5) is 2.15. The smallest absolute Gasteiger partial charge is 0.151 e. The fraction of sp³-hybridized carbons (Fsp3) is 0.438. The van der Waals surface area contributed by atoms with Crippen molar-refractivity contribution in [2.24, 2.45) is 0 Å². The van der Waals surface area contributed by atoms with Crippen molar-refractivity contribution in [2.45, 2.75) is 25.9 Å². The number of nitrogens with zero attached hydrogens (tertiary/aromatic N) is 3.